The van der Waals surface area contributed by atoms with Crippen LogP contribution in [0.15, 0.2) is 30.3 Å². The molecule has 9 nitrogen and oxygen atoms in total. The Balaban J connectivity index is 2.02. The zero-order chi connectivity index (χ0) is 26.8. The van der Waals surface area contributed by atoms with E-state index in [2.05, 4.69) is 5.32 Å². The largest absolute Gasteiger partial charge is 0.467 e. The van der Waals surface area contributed by atoms with Crippen molar-refractivity contribution in [1.82, 2.24) is 10.2 Å². The van der Waals surface area contributed by atoms with Crippen LogP contribution in [0.5, 0.6) is 0 Å². The molecule has 1 aliphatic rings. The minimum absolute atomic E-state index is 0.0385. The van der Waals surface area contributed by atoms with Gasteiger partial charge in [-0.05, 0) is 67.3 Å². The maximum atomic E-state index is 15.3. The van der Waals surface area contributed by atoms with Crippen molar-refractivity contribution in [2.45, 2.75) is 45.4 Å². The van der Waals surface area contributed by atoms with Crippen LogP contribution in [-0.2, 0) is 32.0 Å². The zero-order valence-electron chi connectivity index (χ0n) is 21.1. The normalized spacial score (nSPS) is 13.6. The quantitative estimate of drug-likeness (QED) is 0.494. The Bertz CT molecular complexity index is 1220. The molecular weight excluding hydrogens is 471 g/mol. The molecule has 0 radical (unpaired) electrons. The highest BCUT2D eigenvalue weighted by molar-refractivity contribution is 6.03. The first-order chi connectivity index (χ1) is 16.8. The van der Waals surface area contributed by atoms with Gasteiger partial charge in [0.15, 0.2) is 0 Å². The number of carbonyl (C=O) groups excluding carboxylic acids is 4. The van der Waals surface area contributed by atoms with Gasteiger partial charge in [0.1, 0.15) is 17.5 Å². The molecule has 1 aliphatic heterocycles. The third-order valence-corrected chi connectivity index (χ3v) is 5.59. The van der Waals surface area contributed by atoms with E-state index in [-0.39, 0.29) is 30.0 Å². The summed E-state index contributed by atoms with van der Waals surface area (Å²) in [6.07, 6.45) is -1.13. The third-order valence-electron chi connectivity index (χ3n) is 5.59. The SMILES string of the molecule is COC(=O)c1ccc2c(c1)CN(C)C(=O)c1cc(C[C@H](NC(=O)OC(C)(C)C)C(=O)OC)c(F)cc1-2. The number of hydrogen-bond acceptors (Lipinski definition) is 7. The second-order valence-electron chi connectivity index (χ2n) is 9.44. The molecule has 0 aliphatic carbocycles. The van der Waals surface area contributed by atoms with Gasteiger partial charge in [0.25, 0.3) is 5.91 Å². The van der Waals surface area contributed by atoms with Crippen molar-refractivity contribution in [2.75, 3.05) is 21.3 Å². The Kier molecular flexibility index (Phi) is 7.66. The van der Waals surface area contributed by atoms with Gasteiger partial charge in [-0.15, -0.1) is 0 Å². The maximum absolute atomic E-state index is 15.3. The molecule has 0 unspecified atom stereocenters. The van der Waals surface area contributed by atoms with Gasteiger partial charge in [0, 0.05) is 25.6 Å². The smallest absolute Gasteiger partial charge is 0.408 e. The molecule has 0 aromatic heterocycles. The van der Waals surface area contributed by atoms with Crippen LogP contribution >= 0.6 is 0 Å². The molecule has 0 saturated carbocycles. The molecule has 192 valence electrons. The molecule has 3 rings (SSSR count). The van der Waals surface area contributed by atoms with Crippen molar-refractivity contribution in [3.8, 4) is 11.1 Å². The molecule has 2 aromatic rings. The lowest BCUT2D eigenvalue weighted by atomic mass is 9.92. The Hall–Kier alpha value is -3.95. The number of ether oxygens (including phenoxy) is 3. The fourth-order valence-corrected chi connectivity index (χ4v) is 3.94. The molecule has 0 saturated heterocycles. The molecule has 2 amide bonds. The molecule has 0 spiro atoms. The lowest BCUT2D eigenvalue weighted by Crippen LogP contribution is -2.45. The van der Waals surface area contributed by atoms with Crippen molar-refractivity contribution >= 4 is 23.9 Å². The molecule has 1 atom stereocenters. The van der Waals surface area contributed by atoms with Gasteiger partial charge in [0.2, 0.25) is 0 Å². The monoisotopic (exact) mass is 500 g/mol. The fraction of sp³-hybridized carbons (Fsp3) is 0.385. The van der Waals surface area contributed by atoms with Crippen LogP contribution in [0.3, 0.4) is 0 Å². The van der Waals surface area contributed by atoms with Crippen molar-refractivity contribution < 1.29 is 37.8 Å². The van der Waals surface area contributed by atoms with E-state index < -0.39 is 35.5 Å². The van der Waals surface area contributed by atoms with Gasteiger partial charge in [-0.1, -0.05) is 6.07 Å². The van der Waals surface area contributed by atoms with Crippen LogP contribution in [0.2, 0.25) is 0 Å². The summed E-state index contributed by atoms with van der Waals surface area (Å²) in [5, 5.41) is 2.41. The number of fused-ring (bicyclic) bond motifs is 3. The van der Waals surface area contributed by atoms with E-state index in [9.17, 15) is 19.2 Å². The second kappa shape index (κ2) is 10.3. The number of carbonyl (C=O) groups is 4. The van der Waals surface area contributed by atoms with Crippen molar-refractivity contribution in [2.24, 2.45) is 0 Å². The summed E-state index contributed by atoms with van der Waals surface area (Å²) in [5.74, 6) is -2.35. The van der Waals surface area contributed by atoms with Crippen LogP contribution in [0.4, 0.5) is 9.18 Å². The number of nitrogens with one attached hydrogen (secondary N) is 1. The van der Waals surface area contributed by atoms with Gasteiger partial charge < -0.3 is 24.4 Å². The van der Waals surface area contributed by atoms with Crippen LogP contribution in [0.25, 0.3) is 11.1 Å². The van der Waals surface area contributed by atoms with Crippen molar-refractivity contribution in [3.05, 3.63) is 58.4 Å². The molecule has 36 heavy (non-hydrogen) atoms. The van der Waals surface area contributed by atoms with E-state index in [1.165, 1.54) is 24.1 Å². The van der Waals surface area contributed by atoms with Crippen LogP contribution in [0.1, 0.15) is 52.6 Å². The van der Waals surface area contributed by atoms with Gasteiger partial charge in [0.05, 0.1) is 19.8 Å². The number of hydrogen-bond donors (Lipinski definition) is 1. The average molecular weight is 501 g/mol. The predicted octanol–water partition coefficient (Wildman–Crippen LogP) is 3.47. The number of esters is 2. The fourth-order valence-electron chi connectivity index (χ4n) is 3.94. The Labute approximate surface area is 208 Å². The first kappa shape index (κ1) is 26.7. The Morgan fingerprint density at radius 2 is 1.75 bits per heavy atom. The summed E-state index contributed by atoms with van der Waals surface area (Å²) in [6, 6.07) is 6.16. The summed E-state index contributed by atoms with van der Waals surface area (Å²) in [6.45, 7) is 5.19. The van der Waals surface area contributed by atoms with Crippen molar-refractivity contribution in [3.63, 3.8) is 0 Å². The molecule has 2 aromatic carbocycles. The maximum Gasteiger partial charge on any atom is 0.408 e. The number of methoxy groups -OCH3 is 2. The number of halogens is 1. The first-order valence-corrected chi connectivity index (χ1v) is 11.2. The molecule has 1 N–H and O–H groups in total. The number of alkyl carbamates (subject to hydrolysis) is 1. The lowest BCUT2D eigenvalue weighted by molar-refractivity contribution is -0.143. The van der Waals surface area contributed by atoms with Crippen LogP contribution in [-0.4, -0.2) is 61.7 Å². The van der Waals surface area contributed by atoms with E-state index in [1.54, 1.807) is 46.0 Å². The van der Waals surface area contributed by atoms with Crippen molar-refractivity contribution in [1.29, 1.82) is 0 Å². The van der Waals surface area contributed by atoms with Gasteiger partial charge >= 0.3 is 18.0 Å². The number of rotatable bonds is 5. The van der Waals surface area contributed by atoms with Crippen LogP contribution < -0.4 is 5.32 Å². The summed E-state index contributed by atoms with van der Waals surface area (Å²) in [7, 11) is 4.02. The number of amides is 2. The molecule has 0 bridgehead atoms. The number of nitrogens with zero attached hydrogens (tertiary/aromatic N) is 1. The first-order valence-electron chi connectivity index (χ1n) is 11.2. The highest BCUT2D eigenvalue weighted by Crippen LogP contribution is 2.35. The van der Waals surface area contributed by atoms with Gasteiger partial charge in [-0.25, -0.2) is 18.8 Å². The van der Waals surface area contributed by atoms with E-state index in [0.717, 1.165) is 7.11 Å². The highest BCUT2D eigenvalue weighted by Gasteiger charge is 2.30. The molecule has 0 fully saturated rings. The molecule has 10 heteroatoms. The summed E-state index contributed by atoms with van der Waals surface area (Å²) in [5.41, 5.74) is 1.36. The summed E-state index contributed by atoms with van der Waals surface area (Å²) < 4.78 is 30.1. The van der Waals surface area contributed by atoms with E-state index in [1.807, 2.05) is 0 Å². The lowest BCUT2D eigenvalue weighted by Gasteiger charge is -2.23. The average Bonchev–Trinajstić information content (AvgIpc) is 2.90. The summed E-state index contributed by atoms with van der Waals surface area (Å²) >= 11 is 0. The topological polar surface area (TPSA) is 111 Å². The Morgan fingerprint density at radius 1 is 1.06 bits per heavy atom. The van der Waals surface area contributed by atoms with Gasteiger partial charge in [-0.3, -0.25) is 4.79 Å². The van der Waals surface area contributed by atoms with Gasteiger partial charge in [-0.2, -0.15) is 0 Å². The Morgan fingerprint density at radius 3 is 2.36 bits per heavy atom. The van der Waals surface area contributed by atoms with E-state index in [0.29, 0.717) is 22.3 Å². The molecular formula is C26H29FN2O7. The predicted molar refractivity (Wildman–Crippen MR) is 128 cm³/mol. The van der Waals surface area contributed by atoms with Crippen LogP contribution in [0, 0.1) is 5.82 Å². The van der Waals surface area contributed by atoms with E-state index in [4.69, 9.17) is 14.2 Å². The minimum Gasteiger partial charge on any atom is -0.467 e. The third kappa shape index (κ3) is 5.81. The minimum atomic E-state index is -1.24. The second-order valence-corrected chi connectivity index (χ2v) is 9.44. The zero-order valence-corrected chi connectivity index (χ0v) is 21.1. The number of benzene rings is 2. The molecule has 1 heterocycles. The van der Waals surface area contributed by atoms with E-state index >= 15 is 4.39 Å². The highest BCUT2D eigenvalue weighted by atomic mass is 19.1. The standard InChI is InChI=1S/C26H29FN2O7/c1-26(2,3)36-25(33)28-21(24(32)35-6)11-15-10-19-18(12-20(15)27)17-8-7-14(23(31)34-5)9-16(17)13-29(4)22(19)30/h7-10,12,21H,11,13H2,1-6H3,(H,28,33)/t21-/m0/s1. The summed E-state index contributed by atoms with van der Waals surface area (Å²) in [4.78, 5) is 51.2.